The fourth-order valence-electron chi connectivity index (χ4n) is 2.38. The third kappa shape index (κ3) is 5.32. The highest BCUT2D eigenvalue weighted by atomic mass is 16.2. The standard InChI is InChI=1S/C17H28N4O2/c1-4-17(5-2,13-18)16(23)20-12-15(22)21(3)11-9-14-8-6-7-10-19-14/h6-8,10H,4-5,9,11-13,18H2,1-3H3,(H,20,23). The van der Waals surface area contributed by atoms with Gasteiger partial charge in [-0.3, -0.25) is 14.6 Å². The highest BCUT2D eigenvalue weighted by Gasteiger charge is 2.33. The van der Waals surface area contributed by atoms with Gasteiger partial charge in [-0.25, -0.2) is 0 Å². The maximum Gasteiger partial charge on any atom is 0.241 e. The van der Waals surface area contributed by atoms with Gasteiger partial charge in [0.05, 0.1) is 12.0 Å². The molecule has 0 saturated carbocycles. The van der Waals surface area contributed by atoms with Crippen LogP contribution >= 0.6 is 0 Å². The van der Waals surface area contributed by atoms with Crippen LogP contribution in [0.25, 0.3) is 0 Å². The van der Waals surface area contributed by atoms with Gasteiger partial charge < -0.3 is 16.0 Å². The lowest BCUT2D eigenvalue weighted by Gasteiger charge is -2.28. The van der Waals surface area contributed by atoms with Crippen molar-refractivity contribution in [1.82, 2.24) is 15.2 Å². The molecule has 1 aromatic heterocycles. The van der Waals surface area contributed by atoms with E-state index in [0.717, 1.165) is 5.69 Å². The largest absolute Gasteiger partial charge is 0.347 e. The van der Waals surface area contributed by atoms with Gasteiger partial charge in [0.25, 0.3) is 0 Å². The maximum absolute atomic E-state index is 12.3. The molecule has 1 aromatic rings. The Balaban J connectivity index is 2.44. The molecule has 6 nitrogen and oxygen atoms in total. The fourth-order valence-corrected chi connectivity index (χ4v) is 2.38. The minimum Gasteiger partial charge on any atom is -0.347 e. The summed E-state index contributed by atoms with van der Waals surface area (Å²) in [5, 5.41) is 2.73. The Labute approximate surface area is 138 Å². The van der Waals surface area contributed by atoms with E-state index in [9.17, 15) is 9.59 Å². The molecule has 1 rings (SSSR count). The normalized spacial score (nSPS) is 11.1. The molecule has 0 aliphatic carbocycles. The summed E-state index contributed by atoms with van der Waals surface area (Å²) in [6.45, 7) is 4.73. The molecule has 0 radical (unpaired) electrons. The van der Waals surface area contributed by atoms with Gasteiger partial charge >= 0.3 is 0 Å². The molecular weight excluding hydrogens is 292 g/mol. The first-order valence-corrected chi connectivity index (χ1v) is 8.11. The molecule has 2 amide bonds. The van der Waals surface area contributed by atoms with Crippen LogP contribution in [0, 0.1) is 5.41 Å². The summed E-state index contributed by atoms with van der Waals surface area (Å²) in [5.74, 6) is -0.260. The molecule has 6 heteroatoms. The number of nitrogens with zero attached hydrogens (tertiary/aromatic N) is 2. The number of carbonyl (C=O) groups excluding carboxylic acids is 2. The summed E-state index contributed by atoms with van der Waals surface area (Å²) >= 11 is 0. The van der Waals surface area contributed by atoms with Crippen LogP contribution in [0.5, 0.6) is 0 Å². The van der Waals surface area contributed by atoms with E-state index in [1.165, 1.54) is 0 Å². The van der Waals surface area contributed by atoms with Gasteiger partial charge in [0.2, 0.25) is 11.8 Å². The Morgan fingerprint density at radius 1 is 1.30 bits per heavy atom. The molecule has 0 fully saturated rings. The van der Waals surface area contributed by atoms with E-state index < -0.39 is 5.41 Å². The maximum atomic E-state index is 12.3. The molecule has 128 valence electrons. The van der Waals surface area contributed by atoms with Gasteiger partial charge in [0.1, 0.15) is 0 Å². The molecule has 0 aromatic carbocycles. The Kier molecular flexibility index (Phi) is 7.68. The van der Waals surface area contributed by atoms with Gasteiger partial charge in [0, 0.05) is 38.4 Å². The molecule has 0 aliphatic rings. The van der Waals surface area contributed by atoms with E-state index in [1.807, 2.05) is 32.0 Å². The predicted molar refractivity (Wildman–Crippen MR) is 90.7 cm³/mol. The number of nitrogens with two attached hydrogens (primary N) is 1. The van der Waals surface area contributed by atoms with Crippen LogP contribution < -0.4 is 11.1 Å². The quantitative estimate of drug-likeness (QED) is 0.709. The molecule has 0 aliphatic heterocycles. The van der Waals surface area contributed by atoms with E-state index >= 15 is 0 Å². The molecule has 0 unspecified atom stereocenters. The van der Waals surface area contributed by atoms with Crippen molar-refractivity contribution in [1.29, 1.82) is 0 Å². The average molecular weight is 320 g/mol. The fraction of sp³-hybridized carbons (Fsp3) is 0.588. The van der Waals surface area contributed by atoms with E-state index in [2.05, 4.69) is 10.3 Å². The summed E-state index contributed by atoms with van der Waals surface area (Å²) in [4.78, 5) is 30.2. The molecule has 3 N–H and O–H groups in total. The molecule has 0 spiro atoms. The van der Waals surface area contributed by atoms with Crippen molar-refractivity contribution in [2.75, 3.05) is 26.7 Å². The van der Waals surface area contributed by atoms with Crippen LogP contribution in [0.4, 0.5) is 0 Å². The number of rotatable bonds is 9. The van der Waals surface area contributed by atoms with Gasteiger partial charge in [-0.1, -0.05) is 19.9 Å². The second-order valence-electron chi connectivity index (χ2n) is 5.76. The topological polar surface area (TPSA) is 88.3 Å². The molecule has 0 saturated heterocycles. The Bertz CT molecular complexity index is 492. The van der Waals surface area contributed by atoms with Crippen LogP contribution in [0.15, 0.2) is 24.4 Å². The Hall–Kier alpha value is -1.95. The number of nitrogens with one attached hydrogen (secondary N) is 1. The number of likely N-dealkylation sites (N-methyl/N-ethyl adjacent to an activating group) is 1. The van der Waals surface area contributed by atoms with Gasteiger partial charge in [-0.05, 0) is 25.0 Å². The summed E-state index contributed by atoms with van der Waals surface area (Å²) in [7, 11) is 1.73. The average Bonchev–Trinajstić information content (AvgIpc) is 2.60. The zero-order valence-electron chi connectivity index (χ0n) is 14.3. The van der Waals surface area contributed by atoms with Crippen molar-refractivity contribution in [2.24, 2.45) is 11.1 Å². The van der Waals surface area contributed by atoms with E-state index in [4.69, 9.17) is 5.73 Å². The van der Waals surface area contributed by atoms with Crippen LogP contribution in [-0.2, 0) is 16.0 Å². The van der Waals surface area contributed by atoms with Crippen LogP contribution in [0.2, 0.25) is 0 Å². The summed E-state index contributed by atoms with van der Waals surface area (Å²) < 4.78 is 0. The predicted octanol–water partition coefficient (Wildman–Crippen LogP) is 0.964. The second-order valence-corrected chi connectivity index (χ2v) is 5.76. The van der Waals surface area contributed by atoms with Gasteiger partial charge in [0.15, 0.2) is 0 Å². The lowest BCUT2D eigenvalue weighted by atomic mass is 9.81. The van der Waals surface area contributed by atoms with Crippen LogP contribution in [-0.4, -0.2) is 48.4 Å². The monoisotopic (exact) mass is 320 g/mol. The first kappa shape index (κ1) is 19.1. The van der Waals surface area contributed by atoms with Crippen LogP contribution in [0.1, 0.15) is 32.4 Å². The van der Waals surface area contributed by atoms with Crippen molar-refractivity contribution >= 4 is 11.8 Å². The highest BCUT2D eigenvalue weighted by Crippen LogP contribution is 2.24. The highest BCUT2D eigenvalue weighted by molar-refractivity contribution is 5.88. The molecular formula is C17H28N4O2. The van der Waals surface area contributed by atoms with Crippen molar-refractivity contribution in [3.63, 3.8) is 0 Å². The first-order valence-electron chi connectivity index (χ1n) is 8.11. The number of hydrogen-bond acceptors (Lipinski definition) is 4. The number of carbonyl (C=O) groups is 2. The molecule has 23 heavy (non-hydrogen) atoms. The Morgan fingerprint density at radius 2 is 2.00 bits per heavy atom. The first-order chi connectivity index (χ1) is 11.0. The lowest BCUT2D eigenvalue weighted by Crippen LogP contribution is -2.48. The zero-order valence-corrected chi connectivity index (χ0v) is 14.3. The van der Waals surface area contributed by atoms with Crippen molar-refractivity contribution in [2.45, 2.75) is 33.1 Å². The number of aromatic nitrogens is 1. The Morgan fingerprint density at radius 3 is 2.52 bits per heavy atom. The SMILES string of the molecule is CCC(CC)(CN)C(=O)NCC(=O)N(C)CCc1ccccn1. The lowest BCUT2D eigenvalue weighted by molar-refractivity contribution is -0.136. The zero-order chi connectivity index (χ0) is 17.3. The molecule has 1 heterocycles. The van der Waals surface area contributed by atoms with E-state index in [1.54, 1.807) is 18.1 Å². The van der Waals surface area contributed by atoms with Gasteiger partial charge in [-0.15, -0.1) is 0 Å². The van der Waals surface area contributed by atoms with E-state index in [-0.39, 0.29) is 24.9 Å². The summed E-state index contributed by atoms with van der Waals surface area (Å²) in [5.41, 5.74) is 6.11. The third-order valence-electron chi connectivity index (χ3n) is 4.48. The molecule has 0 bridgehead atoms. The van der Waals surface area contributed by atoms with Crippen molar-refractivity contribution in [3.8, 4) is 0 Å². The number of amides is 2. The molecule has 0 atom stereocenters. The minimum absolute atomic E-state index is 0.000693. The third-order valence-corrected chi connectivity index (χ3v) is 4.48. The number of pyridine rings is 1. The second kappa shape index (κ2) is 9.25. The van der Waals surface area contributed by atoms with Crippen LogP contribution in [0.3, 0.4) is 0 Å². The van der Waals surface area contributed by atoms with E-state index in [0.29, 0.717) is 25.8 Å². The summed E-state index contributed by atoms with van der Waals surface area (Å²) in [6.07, 6.45) is 3.75. The smallest absolute Gasteiger partial charge is 0.241 e. The van der Waals surface area contributed by atoms with Crippen molar-refractivity contribution in [3.05, 3.63) is 30.1 Å². The van der Waals surface area contributed by atoms with Crippen molar-refractivity contribution < 1.29 is 9.59 Å². The minimum atomic E-state index is -0.577. The number of hydrogen-bond donors (Lipinski definition) is 2. The summed E-state index contributed by atoms with van der Waals surface area (Å²) in [6, 6.07) is 5.71. The van der Waals surface area contributed by atoms with Gasteiger partial charge in [-0.2, -0.15) is 0 Å².